The van der Waals surface area contributed by atoms with Gasteiger partial charge in [0.2, 0.25) is 8.32 Å². The van der Waals surface area contributed by atoms with Crippen molar-refractivity contribution in [2.45, 2.75) is 72.9 Å². The number of hydrogen-bond donors (Lipinski definition) is 2. The van der Waals surface area contributed by atoms with E-state index < -0.39 is 17.4 Å². The molecule has 23 heavy (non-hydrogen) atoms. The molecule has 0 saturated heterocycles. The summed E-state index contributed by atoms with van der Waals surface area (Å²) < 4.78 is 17.1. The molecule has 0 aromatic carbocycles. The smallest absolute Gasteiger partial charge is 0.427 e. The Hall–Kier alpha value is -0.0662. The van der Waals surface area contributed by atoms with E-state index in [-0.39, 0.29) is 18.3 Å². The highest BCUT2D eigenvalue weighted by molar-refractivity contribution is 7.24. The molecule has 0 aliphatic rings. The van der Waals surface area contributed by atoms with Crippen LogP contribution < -0.4 is 4.50 Å². The van der Waals surface area contributed by atoms with Gasteiger partial charge in [-0.15, -0.1) is 0 Å². The summed E-state index contributed by atoms with van der Waals surface area (Å²) in [5, 5.41) is 2.00. The van der Waals surface area contributed by atoms with Crippen molar-refractivity contribution in [3.8, 4) is 0 Å². The average Bonchev–Trinajstić information content (AvgIpc) is 2.77. The van der Waals surface area contributed by atoms with Crippen molar-refractivity contribution in [3.05, 3.63) is 17.5 Å². The van der Waals surface area contributed by atoms with Gasteiger partial charge in [0.15, 0.2) is 0 Å². The van der Waals surface area contributed by atoms with Crippen molar-refractivity contribution in [2.75, 3.05) is 0 Å². The van der Waals surface area contributed by atoms with Crippen molar-refractivity contribution < 1.29 is 22.9 Å². The van der Waals surface area contributed by atoms with Crippen LogP contribution in [0.5, 0.6) is 0 Å². The number of thiophene rings is 1. The molecule has 1 heterocycles. The first-order valence-electron chi connectivity index (χ1n) is 7.88. The van der Waals surface area contributed by atoms with Crippen molar-refractivity contribution in [1.82, 2.24) is 0 Å². The van der Waals surface area contributed by atoms with E-state index in [9.17, 15) is 9.59 Å². The highest BCUT2D eigenvalue weighted by Crippen LogP contribution is 2.13. The second kappa shape index (κ2) is 10.0. The van der Waals surface area contributed by atoms with Gasteiger partial charge in [-0.3, -0.25) is 0 Å². The second-order valence-electron chi connectivity index (χ2n) is 6.56. The Bertz CT molecular complexity index is 389. The summed E-state index contributed by atoms with van der Waals surface area (Å²) in [6, 6.07) is 3.97. The number of hydrogen-bond acceptors (Lipinski definition) is 6. The zero-order chi connectivity index (χ0) is 18.3. The summed E-state index contributed by atoms with van der Waals surface area (Å²) in [6.45, 7) is 14.9. The van der Waals surface area contributed by atoms with Crippen LogP contribution in [0.4, 0.5) is 0 Å². The highest BCUT2D eigenvalue weighted by atomic mass is 32.1. The molecule has 0 amide bonds. The summed E-state index contributed by atoms with van der Waals surface area (Å²) in [7, 11) is -5.40. The quantitative estimate of drug-likeness (QED) is 0.712. The van der Waals surface area contributed by atoms with E-state index in [1.165, 1.54) is 0 Å². The fourth-order valence-electron chi connectivity index (χ4n) is 1.60. The Balaban J connectivity index is 0.000000459. The van der Waals surface area contributed by atoms with Crippen LogP contribution in [-0.4, -0.2) is 45.3 Å². The van der Waals surface area contributed by atoms with Gasteiger partial charge in [0, 0.05) is 22.8 Å². The molecule has 0 fully saturated rings. The predicted octanol–water partition coefficient (Wildman–Crippen LogP) is 2.84. The van der Waals surface area contributed by atoms with Gasteiger partial charge in [0.05, 0.1) is 0 Å². The molecule has 2 N–H and O–H groups in total. The molecular formula is C15H32O5SSi2. The molecule has 0 aliphatic carbocycles. The largest absolute Gasteiger partial charge is 0.677 e. The normalized spacial score (nSPS) is 12.7. The van der Waals surface area contributed by atoms with Gasteiger partial charge in [0.25, 0.3) is 0 Å². The monoisotopic (exact) mass is 380 g/mol. The van der Waals surface area contributed by atoms with Gasteiger partial charge in [-0.2, -0.15) is 11.3 Å². The minimum Gasteiger partial charge on any atom is -0.427 e. The molecule has 0 bridgehead atoms. The van der Waals surface area contributed by atoms with Crippen LogP contribution in [0.3, 0.4) is 0 Å². The molecule has 5 nitrogen and oxygen atoms in total. The van der Waals surface area contributed by atoms with Crippen molar-refractivity contribution in [1.29, 1.82) is 0 Å². The summed E-state index contributed by atoms with van der Waals surface area (Å²) in [5.41, 5.74) is 0. The van der Waals surface area contributed by atoms with Crippen LogP contribution in [0.1, 0.15) is 41.5 Å². The topological polar surface area (TPSA) is 68.2 Å². The molecule has 0 atom stereocenters. The lowest BCUT2D eigenvalue weighted by molar-refractivity contribution is -0.0534. The van der Waals surface area contributed by atoms with Gasteiger partial charge < -0.3 is 22.9 Å². The number of rotatable bonds is 7. The van der Waals surface area contributed by atoms with Crippen LogP contribution in [0.2, 0.25) is 13.1 Å². The van der Waals surface area contributed by atoms with Gasteiger partial charge in [-0.25, -0.2) is 0 Å². The molecule has 0 saturated carbocycles. The van der Waals surface area contributed by atoms with Crippen molar-refractivity contribution in [3.63, 3.8) is 0 Å². The maximum absolute atomic E-state index is 9.99. The fraction of sp³-hybridized carbons (Fsp3) is 0.733. The van der Waals surface area contributed by atoms with Gasteiger partial charge in [-0.05, 0) is 66.1 Å². The minimum absolute atomic E-state index is 0.107. The molecule has 0 radical (unpaired) electrons. The van der Waals surface area contributed by atoms with Crippen LogP contribution in [-0.2, 0) is 13.3 Å². The van der Waals surface area contributed by atoms with E-state index in [4.69, 9.17) is 13.3 Å². The van der Waals surface area contributed by atoms with E-state index in [1.807, 2.05) is 72.1 Å². The highest BCUT2D eigenvalue weighted by Gasteiger charge is 2.44. The molecule has 0 unspecified atom stereocenters. The van der Waals surface area contributed by atoms with Gasteiger partial charge >= 0.3 is 9.05 Å². The van der Waals surface area contributed by atoms with E-state index in [0.717, 1.165) is 4.50 Å². The maximum Gasteiger partial charge on any atom is 0.677 e. The molecule has 0 spiro atoms. The van der Waals surface area contributed by atoms with Gasteiger partial charge in [0.1, 0.15) is 0 Å². The van der Waals surface area contributed by atoms with E-state index >= 15 is 0 Å². The molecule has 1 aromatic rings. The van der Waals surface area contributed by atoms with E-state index in [1.54, 1.807) is 11.3 Å². The predicted molar refractivity (Wildman–Crippen MR) is 100 cm³/mol. The first-order chi connectivity index (χ1) is 10.4. The Kier molecular flexibility index (Phi) is 10.0. The summed E-state index contributed by atoms with van der Waals surface area (Å²) in [5.74, 6) is 0. The first-order valence-corrected chi connectivity index (χ1v) is 13.4. The third-order valence-electron chi connectivity index (χ3n) is 2.28. The van der Waals surface area contributed by atoms with Crippen LogP contribution in [0.15, 0.2) is 17.5 Å². The zero-order valence-electron chi connectivity index (χ0n) is 15.5. The zero-order valence-corrected chi connectivity index (χ0v) is 18.3. The van der Waals surface area contributed by atoms with E-state index in [0.29, 0.717) is 0 Å². The lowest BCUT2D eigenvalue weighted by atomic mass is 10.5. The van der Waals surface area contributed by atoms with E-state index in [2.05, 4.69) is 0 Å². The standard InChI is InChI=1S/C9H22O4Si.C6H10OSSi/c1-7(2)11-14(10,12-8(3)4)13-9(5)6;1-9(2,7)6-4-3-5-8-6/h7-10H,1-6H3;3-5,7H,1-2H3. The summed E-state index contributed by atoms with van der Waals surface area (Å²) in [6.07, 6.45) is -0.322. The van der Waals surface area contributed by atoms with Gasteiger partial charge in [-0.1, -0.05) is 6.07 Å². The van der Waals surface area contributed by atoms with Crippen LogP contribution >= 0.6 is 11.3 Å². The SMILES string of the molecule is CC(C)O[Si](O)(OC(C)C)OC(C)C.C[Si](C)(O)c1cccs1. The molecule has 136 valence electrons. The average molecular weight is 381 g/mol. The molecule has 0 aliphatic heterocycles. The Morgan fingerprint density at radius 3 is 1.43 bits per heavy atom. The Labute approximate surface area is 146 Å². The lowest BCUT2D eigenvalue weighted by Gasteiger charge is -2.28. The summed E-state index contributed by atoms with van der Waals surface area (Å²) in [4.78, 5) is 19.5. The third-order valence-corrected chi connectivity index (χ3v) is 8.49. The molecular weight excluding hydrogens is 348 g/mol. The second-order valence-corrected chi connectivity index (χ2v) is 13.3. The third kappa shape index (κ3) is 11.2. The molecule has 8 heteroatoms. The maximum atomic E-state index is 9.99. The first kappa shape index (κ1) is 22.9. The Morgan fingerprint density at radius 1 is 0.870 bits per heavy atom. The van der Waals surface area contributed by atoms with Crippen LogP contribution in [0.25, 0.3) is 0 Å². The lowest BCUT2D eigenvalue weighted by Crippen LogP contribution is -2.50. The van der Waals surface area contributed by atoms with Crippen LogP contribution in [0, 0.1) is 0 Å². The minimum atomic E-state index is -3.44. The van der Waals surface area contributed by atoms with Crippen molar-refractivity contribution in [2.24, 2.45) is 0 Å². The Morgan fingerprint density at radius 2 is 1.26 bits per heavy atom. The summed E-state index contributed by atoms with van der Waals surface area (Å²) >= 11 is 1.64. The molecule has 1 aromatic heterocycles. The fourth-order valence-corrected chi connectivity index (χ4v) is 5.88. The van der Waals surface area contributed by atoms with Crippen molar-refractivity contribution >= 4 is 33.2 Å². The molecule has 1 rings (SSSR count).